The molecule has 1 unspecified atom stereocenters. The molecule has 1 rings (SSSR count). The molecule has 0 spiro atoms. The van der Waals surface area contributed by atoms with Crippen molar-refractivity contribution in [1.82, 2.24) is 5.32 Å². The molecule has 0 amide bonds. The zero-order chi connectivity index (χ0) is 12.7. The van der Waals surface area contributed by atoms with E-state index in [9.17, 15) is 0 Å². The van der Waals surface area contributed by atoms with Crippen LogP contribution in [0.15, 0.2) is 18.2 Å². The average molecular weight is 250 g/mol. The Balaban J connectivity index is 2.58. The number of rotatable bonds is 6. The summed E-state index contributed by atoms with van der Waals surface area (Å²) < 4.78 is 5.17. The van der Waals surface area contributed by atoms with Gasteiger partial charge in [0.15, 0.2) is 0 Å². The minimum absolute atomic E-state index is 0.578. The molecule has 0 fully saturated rings. The summed E-state index contributed by atoms with van der Waals surface area (Å²) in [5.74, 6) is 0.643. The monoisotopic (exact) mass is 250 g/mol. The van der Waals surface area contributed by atoms with Crippen molar-refractivity contribution < 1.29 is 4.74 Å². The van der Waals surface area contributed by atoms with Crippen molar-refractivity contribution in [3.05, 3.63) is 29.3 Å². The maximum absolute atomic E-state index is 8.87. The Bertz CT molecular complexity index is 401. The Kier molecular flexibility index (Phi) is 5.88. The van der Waals surface area contributed by atoms with E-state index in [1.807, 2.05) is 23.9 Å². The van der Waals surface area contributed by atoms with E-state index in [0.29, 0.717) is 16.6 Å². The number of ether oxygens (including phenoxy) is 1. The van der Waals surface area contributed by atoms with Crippen molar-refractivity contribution >= 4 is 11.8 Å². The average Bonchev–Trinajstić information content (AvgIpc) is 2.38. The van der Waals surface area contributed by atoms with Gasteiger partial charge in [0.05, 0.1) is 12.7 Å². The molecule has 0 saturated carbocycles. The summed E-state index contributed by atoms with van der Waals surface area (Å²) in [6.45, 7) is 3.97. The van der Waals surface area contributed by atoms with Crippen LogP contribution in [0.2, 0.25) is 0 Å². The smallest absolute Gasteiger partial charge is 0.136 e. The molecule has 0 saturated heterocycles. The summed E-state index contributed by atoms with van der Waals surface area (Å²) in [6, 6.07) is 7.78. The molecule has 0 aliphatic heterocycles. The van der Waals surface area contributed by atoms with Crippen molar-refractivity contribution in [1.29, 1.82) is 5.26 Å². The van der Waals surface area contributed by atoms with Crippen LogP contribution < -0.4 is 10.1 Å². The van der Waals surface area contributed by atoms with Crippen molar-refractivity contribution in [3.8, 4) is 11.8 Å². The van der Waals surface area contributed by atoms with Gasteiger partial charge < -0.3 is 10.1 Å². The number of nitriles is 1. The third-order valence-corrected chi connectivity index (χ3v) is 3.52. The topological polar surface area (TPSA) is 45.0 Å². The molecule has 0 radical (unpaired) electrons. The van der Waals surface area contributed by atoms with Gasteiger partial charge in [-0.1, -0.05) is 13.0 Å². The van der Waals surface area contributed by atoms with E-state index in [-0.39, 0.29) is 0 Å². The van der Waals surface area contributed by atoms with Gasteiger partial charge in [-0.25, -0.2) is 0 Å². The molecule has 1 aromatic rings. The molecule has 0 aliphatic rings. The van der Waals surface area contributed by atoms with Gasteiger partial charge in [0, 0.05) is 18.3 Å². The fraction of sp³-hybridized carbons (Fsp3) is 0.462. The molecule has 3 nitrogen and oxygen atoms in total. The molecule has 0 aromatic heterocycles. The number of thioether (sulfide) groups is 1. The number of hydrogen-bond acceptors (Lipinski definition) is 4. The van der Waals surface area contributed by atoms with E-state index >= 15 is 0 Å². The molecule has 0 aliphatic carbocycles. The SMILES string of the molecule is COc1cc(CNCC(C)SC)ccc1C#N. The minimum Gasteiger partial charge on any atom is -0.495 e. The van der Waals surface area contributed by atoms with E-state index < -0.39 is 0 Å². The third kappa shape index (κ3) is 4.29. The van der Waals surface area contributed by atoms with Crippen LogP contribution in [0.4, 0.5) is 0 Å². The standard InChI is InChI=1S/C13H18N2OS/c1-10(17-3)8-15-9-11-4-5-12(7-14)13(6-11)16-2/h4-6,10,15H,8-9H2,1-3H3. The van der Waals surface area contributed by atoms with Crippen LogP contribution in [0.1, 0.15) is 18.1 Å². The molecule has 1 aromatic carbocycles. The van der Waals surface area contributed by atoms with Crippen LogP contribution in [0.25, 0.3) is 0 Å². The minimum atomic E-state index is 0.578. The van der Waals surface area contributed by atoms with Gasteiger partial charge in [-0.05, 0) is 24.0 Å². The number of methoxy groups -OCH3 is 1. The predicted molar refractivity (Wildman–Crippen MR) is 72.4 cm³/mol. The summed E-state index contributed by atoms with van der Waals surface area (Å²) in [4.78, 5) is 0. The Hall–Kier alpha value is -1.18. The van der Waals surface area contributed by atoms with Gasteiger partial charge in [-0.3, -0.25) is 0 Å². The van der Waals surface area contributed by atoms with Crippen LogP contribution in [-0.4, -0.2) is 25.2 Å². The summed E-state index contributed by atoms with van der Waals surface area (Å²) in [5.41, 5.74) is 1.71. The second-order valence-electron chi connectivity index (χ2n) is 3.82. The van der Waals surface area contributed by atoms with Crippen molar-refractivity contribution in [3.63, 3.8) is 0 Å². The van der Waals surface area contributed by atoms with E-state index in [0.717, 1.165) is 18.7 Å². The van der Waals surface area contributed by atoms with Crippen molar-refractivity contribution in [2.24, 2.45) is 0 Å². The fourth-order valence-electron chi connectivity index (χ4n) is 1.44. The van der Waals surface area contributed by atoms with Gasteiger partial charge in [0.1, 0.15) is 11.8 Å². The Morgan fingerprint density at radius 2 is 2.29 bits per heavy atom. The lowest BCUT2D eigenvalue weighted by atomic mass is 10.1. The number of hydrogen-bond donors (Lipinski definition) is 1. The second kappa shape index (κ2) is 7.21. The Labute approximate surface area is 107 Å². The molecule has 4 heteroatoms. The van der Waals surface area contributed by atoms with E-state index in [4.69, 9.17) is 10.00 Å². The second-order valence-corrected chi connectivity index (χ2v) is 5.10. The lowest BCUT2D eigenvalue weighted by Crippen LogP contribution is -2.22. The van der Waals surface area contributed by atoms with Gasteiger partial charge in [-0.2, -0.15) is 17.0 Å². The number of nitrogens with one attached hydrogen (secondary N) is 1. The van der Waals surface area contributed by atoms with E-state index in [1.54, 1.807) is 13.2 Å². The third-order valence-electron chi connectivity index (χ3n) is 2.55. The van der Waals surface area contributed by atoms with Gasteiger partial charge in [0.2, 0.25) is 0 Å². The van der Waals surface area contributed by atoms with Crippen LogP contribution in [0, 0.1) is 11.3 Å². The Morgan fingerprint density at radius 1 is 1.53 bits per heavy atom. The lowest BCUT2D eigenvalue weighted by Gasteiger charge is -2.11. The summed E-state index contributed by atoms with van der Waals surface area (Å²) >= 11 is 1.84. The molecule has 0 heterocycles. The molecule has 1 N–H and O–H groups in total. The highest BCUT2D eigenvalue weighted by Gasteiger charge is 2.04. The largest absolute Gasteiger partial charge is 0.495 e. The van der Waals surface area contributed by atoms with Crippen LogP contribution in [-0.2, 0) is 6.54 Å². The first-order chi connectivity index (χ1) is 8.21. The normalized spacial score (nSPS) is 11.9. The molecule has 0 bridgehead atoms. The first kappa shape index (κ1) is 13.9. The van der Waals surface area contributed by atoms with Crippen LogP contribution >= 0.6 is 11.8 Å². The first-order valence-electron chi connectivity index (χ1n) is 5.51. The molecular formula is C13H18N2OS. The fourth-order valence-corrected chi connectivity index (χ4v) is 1.73. The van der Waals surface area contributed by atoms with Gasteiger partial charge >= 0.3 is 0 Å². The first-order valence-corrected chi connectivity index (χ1v) is 6.80. The lowest BCUT2D eigenvalue weighted by molar-refractivity contribution is 0.412. The van der Waals surface area contributed by atoms with Gasteiger partial charge in [-0.15, -0.1) is 0 Å². The maximum Gasteiger partial charge on any atom is 0.136 e. The summed E-state index contributed by atoms with van der Waals surface area (Å²) in [7, 11) is 1.59. The highest BCUT2D eigenvalue weighted by molar-refractivity contribution is 7.99. The maximum atomic E-state index is 8.87. The van der Waals surface area contributed by atoms with Crippen LogP contribution in [0.5, 0.6) is 5.75 Å². The summed E-state index contributed by atoms with van der Waals surface area (Å²) in [6.07, 6.45) is 2.11. The number of benzene rings is 1. The van der Waals surface area contributed by atoms with E-state index in [1.165, 1.54) is 0 Å². The zero-order valence-corrected chi connectivity index (χ0v) is 11.3. The summed E-state index contributed by atoms with van der Waals surface area (Å²) in [5, 5.41) is 12.9. The van der Waals surface area contributed by atoms with Crippen LogP contribution in [0.3, 0.4) is 0 Å². The molecular weight excluding hydrogens is 232 g/mol. The van der Waals surface area contributed by atoms with E-state index in [2.05, 4.69) is 24.6 Å². The molecule has 1 atom stereocenters. The number of nitrogens with zero attached hydrogens (tertiary/aromatic N) is 1. The molecule has 17 heavy (non-hydrogen) atoms. The highest BCUT2D eigenvalue weighted by Crippen LogP contribution is 2.19. The highest BCUT2D eigenvalue weighted by atomic mass is 32.2. The quantitative estimate of drug-likeness (QED) is 0.842. The predicted octanol–water partition coefficient (Wildman–Crippen LogP) is 2.41. The Morgan fingerprint density at radius 3 is 2.88 bits per heavy atom. The van der Waals surface area contributed by atoms with Crippen molar-refractivity contribution in [2.75, 3.05) is 19.9 Å². The van der Waals surface area contributed by atoms with Gasteiger partial charge in [0.25, 0.3) is 0 Å². The zero-order valence-electron chi connectivity index (χ0n) is 10.5. The van der Waals surface area contributed by atoms with Crippen molar-refractivity contribution in [2.45, 2.75) is 18.7 Å². The molecule has 92 valence electrons.